The zero-order valence-corrected chi connectivity index (χ0v) is 23.3. The van der Waals surface area contributed by atoms with Crippen LogP contribution in [0.1, 0.15) is 40.9 Å². The van der Waals surface area contributed by atoms with E-state index in [2.05, 4.69) is 33.4 Å². The first kappa shape index (κ1) is 25.5. The maximum absolute atomic E-state index is 6.42. The lowest BCUT2D eigenvalue weighted by atomic mass is 9.81. The molecule has 1 aliphatic rings. The van der Waals surface area contributed by atoms with E-state index < -0.39 is 0 Å². The van der Waals surface area contributed by atoms with Gasteiger partial charge in [-0.1, -0.05) is 71.9 Å². The van der Waals surface area contributed by atoms with E-state index in [0.717, 1.165) is 44.5 Å². The molecule has 2 aromatic heterocycles. The second-order valence-electron chi connectivity index (χ2n) is 9.92. The molecule has 42 heavy (non-hydrogen) atoms. The number of oxime groups is 1. The fourth-order valence-corrected chi connectivity index (χ4v) is 5.49. The molecule has 6 aromatic rings. The molecule has 208 valence electrons. The van der Waals surface area contributed by atoms with E-state index in [1.165, 1.54) is 0 Å². The minimum absolute atomic E-state index is 0.0992. The Balaban J connectivity index is 1.36. The first-order valence-electron chi connectivity index (χ1n) is 13.5. The molecule has 0 bridgehead atoms. The highest BCUT2D eigenvalue weighted by molar-refractivity contribution is 5.98. The molecule has 9 nitrogen and oxygen atoms in total. The third-order valence-corrected chi connectivity index (χ3v) is 7.47. The van der Waals surface area contributed by atoms with Crippen LogP contribution in [0.2, 0.25) is 0 Å². The van der Waals surface area contributed by atoms with Crippen LogP contribution in [0, 0.1) is 0 Å². The van der Waals surface area contributed by atoms with Gasteiger partial charge in [0.25, 0.3) is 0 Å². The summed E-state index contributed by atoms with van der Waals surface area (Å²) in [6.07, 6.45) is 1.61. The number of benzene rings is 4. The van der Waals surface area contributed by atoms with Gasteiger partial charge in [-0.2, -0.15) is 0 Å². The van der Waals surface area contributed by atoms with Crippen LogP contribution in [0.4, 0.5) is 0 Å². The smallest absolute Gasteiger partial charge is 0.228 e. The van der Waals surface area contributed by atoms with Crippen molar-refractivity contribution in [1.82, 2.24) is 19.6 Å². The summed E-state index contributed by atoms with van der Waals surface area (Å²) in [5, 5.41) is 11.1. The Morgan fingerprint density at radius 2 is 1.71 bits per heavy atom. The molecule has 0 saturated heterocycles. The second-order valence-corrected chi connectivity index (χ2v) is 9.92. The van der Waals surface area contributed by atoms with Gasteiger partial charge in [0.1, 0.15) is 12.1 Å². The quantitative estimate of drug-likeness (QED) is 0.163. The van der Waals surface area contributed by atoms with E-state index in [1.54, 1.807) is 25.1 Å². The van der Waals surface area contributed by atoms with Gasteiger partial charge in [-0.3, -0.25) is 0 Å². The number of ether oxygens (including phenoxy) is 3. The zero-order valence-electron chi connectivity index (χ0n) is 23.3. The van der Waals surface area contributed by atoms with Gasteiger partial charge >= 0.3 is 0 Å². The van der Waals surface area contributed by atoms with Crippen molar-refractivity contribution >= 4 is 22.1 Å². The number of hydrogen-bond donors (Lipinski definition) is 0. The van der Waals surface area contributed by atoms with Gasteiger partial charge in [-0.25, -0.2) is 14.5 Å². The molecule has 4 aromatic carbocycles. The lowest BCUT2D eigenvalue weighted by Gasteiger charge is -2.29. The van der Waals surface area contributed by atoms with Crippen molar-refractivity contribution in [3.8, 4) is 23.1 Å². The average Bonchev–Trinajstić information content (AvgIpc) is 3.47. The second kappa shape index (κ2) is 10.5. The highest BCUT2D eigenvalue weighted by Crippen LogP contribution is 2.51. The molecular formula is C33H27N5O4. The molecule has 1 atom stereocenters. The highest BCUT2D eigenvalue weighted by Gasteiger charge is 2.35. The Kier molecular flexibility index (Phi) is 6.39. The molecule has 0 spiro atoms. The number of nitrogens with zero attached hydrogens (tertiary/aromatic N) is 5. The molecule has 0 fully saturated rings. The summed E-state index contributed by atoms with van der Waals surface area (Å²) in [7, 11) is 3.26. The van der Waals surface area contributed by atoms with Gasteiger partial charge in [0.15, 0.2) is 29.6 Å². The maximum Gasteiger partial charge on any atom is 0.228 e. The fourth-order valence-electron chi connectivity index (χ4n) is 5.49. The third-order valence-electron chi connectivity index (χ3n) is 7.47. The zero-order chi connectivity index (χ0) is 28.6. The largest absolute Gasteiger partial charge is 0.493 e. The molecule has 0 radical (unpaired) electrons. The van der Waals surface area contributed by atoms with Crippen LogP contribution in [0.3, 0.4) is 0 Å². The number of rotatable bonds is 7. The standard InChI is InChI=1S/C33H27N5O4/c1-20(21-9-5-4-6-10-21)37-41-18-28-35-32-31-29(23-14-15-25(39-2)27(17-23)40-3)30-24-12-8-7-11-22(24)13-16-26(30)42-33(31)34-19-38(32)36-28/h4-17,19,29H,18H2,1-3H3/b37-20+/t29-/m1/s1. The van der Waals surface area contributed by atoms with E-state index in [-0.39, 0.29) is 12.5 Å². The SMILES string of the molecule is COc1ccc([C@@H]2c3c(ccc4ccccc34)Oc3ncn4nc(CO/N=C(\C)c5ccccc5)nc4c32)cc1OC. The first-order chi connectivity index (χ1) is 20.6. The molecule has 7 rings (SSSR count). The minimum atomic E-state index is -0.276. The van der Waals surface area contributed by atoms with Crippen LogP contribution in [0.25, 0.3) is 16.4 Å². The van der Waals surface area contributed by atoms with Crippen molar-refractivity contribution in [3.63, 3.8) is 0 Å². The molecule has 0 amide bonds. The molecule has 3 heterocycles. The number of fused-ring (bicyclic) bond motifs is 6. The summed E-state index contributed by atoms with van der Waals surface area (Å²) in [4.78, 5) is 15.2. The lowest BCUT2D eigenvalue weighted by Crippen LogP contribution is -2.15. The van der Waals surface area contributed by atoms with Crippen LogP contribution in [0.15, 0.2) is 96.4 Å². The van der Waals surface area contributed by atoms with Crippen molar-refractivity contribution in [2.45, 2.75) is 19.4 Å². The third kappa shape index (κ3) is 4.35. The summed E-state index contributed by atoms with van der Waals surface area (Å²) in [5.74, 6) is 2.70. The van der Waals surface area contributed by atoms with Crippen molar-refractivity contribution in [3.05, 3.63) is 119 Å². The van der Waals surface area contributed by atoms with Crippen LogP contribution < -0.4 is 14.2 Å². The monoisotopic (exact) mass is 557 g/mol. The number of methoxy groups -OCH3 is 2. The van der Waals surface area contributed by atoms with Crippen LogP contribution >= 0.6 is 0 Å². The lowest BCUT2D eigenvalue weighted by molar-refractivity contribution is 0.125. The molecule has 9 heteroatoms. The number of aromatic nitrogens is 4. The van der Waals surface area contributed by atoms with E-state index in [4.69, 9.17) is 24.0 Å². The summed E-state index contributed by atoms with van der Waals surface area (Å²) in [5.41, 5.74) is 5.18. The van der Waals surface area contributed by atoms with Gasteiger partial charge in [0.2, 0.25) is 5.88 Å². The van der Waals surface area contributed by atoms with Gasteiger partial charge in [0, 0.05) is 11.5 Å². The predicted octanol–water partition coefficient (Wildman–Crippen LogP) is 6.52. The van der Waals surface area contributed by atoms with E-state index in [0.29, 0.717) is 28.9 Å². The van der Waals surface area contributed by atoms with Gasteiger partial charge in [-0.05, 0) is 47.0 Å². The Hall–Kier alpha value is -5.44. The predicted molar refractivity (Wildman–Crippen MR) is 159 cm³/mol. The van der Waals surface area contributed by atoms with Crippen LogP contribution in [-0.2, 0) is 11.4 Å². The highest BCUT2D eigenvalue weighted by atomic mass is 16.6. The fraction of sp³-hybridized carbons (Fsp3) is 0.152. The van der Waals surface area contributed by atoms with E-state index >= 15 is 0 Å². The molecule has 1 aliphatic heterocycles. The van der Waals surface area contributed by atoms with Crippen LogP contribution in [-0.4, -0.2) is 39.5 Å². The maximum atomic E-state index is 6.42. The van der Waals surface area contributed by atoms with E-state index in [9.17, 15) is 0 Å². The van der Waals surface area contributed by atoms with Gasteiger partial charge in [-0.15, -0.1) is 5.10 Å². The summed E-state index contributed by atoms with van der Waals surface area (Å²) in [6, 6.07) is 28.1. The Morgan fingerprint density at radius 3 is 2.55 bits per heavy atom. The van der Waals surface area contributed by atoms with Crippen molar-refractivity contribution < 1.29 is 19.0 Å². The van der Waals surface area contributed by atoms with Crippen molar-refractivity contribution in [1.29, 1.82) is 0 Å². The average molecular weight is 558 g/mol. The summed E-state index contributed by atoms with van der Waals surface area (Å²) in [6.45, 7) is 2.00. The normalized spacial score (nSPS) is 14.3. The Morgan fingerprint density at radius 1 is 0.905 bits per heavy atom. The van der Waals surface area contributed by atoms with Crippen molar-refractivity contribution in [2.24, 2.45) is 5.16 Å². The molecule has 0 aliphatic carbocycles. The molecule has 0 N–H and O–H groups in total. The topological polar surface area (TPSA) is 92.4 Å². The first-order valence-corrected chi connectivity index (χ1v) is 13.5. The molecular weight excluding hydrogens is 530 g/mol. The molecule has 0 saturated carbocycles. The van der Waals surface area contributed by atoms with Gasteiger partial charge in [0.05, 0.1) is 25.5 Å². The summed E-state index contributed by atoms with van der Waals surface area (Å²) >= 11 is 0. The van der Waals surface area contributed by atoms with E-state index in [1.807, 2.05) is 73.7 Å². The number of hydrogen-bond acceptors (Lipinski definition) is 8. The Bertz CT molecular complexity index is 1970. The van der Waals surface area contributed by atoms with Gasteiger partial charge < -0.3 is 19.0 Å². The molecule has 0 unspecified atom stereocenters. The Labute approximate surface area is 242 Å². The van der Waals surface area contributed by atoms with Crippen molar-refractivity contribution in [2.75, 3.05) is 14.2 Å². The summed E-state index contributed by atoms with van der Waals surface area (Å²) < 4.78 is 19.3. The minimum Gasteiger partial charge on any atom is -0.493 e. The van der Waals surface area contributed by atoms with Crippen LogP contribution in [0.5, 0.6) is 23.1 Å².